The van der Waals surface area contributed by atoms with Crippen LogP contribution in [0.3, 0.4) is 0 Å². The molecule has 19 heavy (non-hydrogen) atoms. The number of nitrogens with zero attached hydrogens (tertiary/aromatic N) is 3. The third kappa shape index (κ3) is 3.47. The van der Waals surface area contributed by atoms with Gasteiger partial charge in [-0.3, -0.25) is 0 Å². The van der Waals surface area contributed by atoms with E-state index in [9.17, 15) is 13.2 Å². The maximum atomic E-state index is 12.4. The normalized spacial score (nSPS) is 11.5. The highest BCUT2D eigenvalue weighted by atomic mass is 32.2. The molecule has 0 unspecified atom stereocenters. The molecule has 2 heterocycles. The Morgan fingerprint density at radius 1 is 1.05 bits per heavy atom. The Kier molecular flexibility index (Phi) is 3.47. The molecular weight excluding hydrogens is 279 g/mol. The van der Waals surface area contributed by atoms with Gasteiger partial charge in [0.1, 0.15) is 15.9 Å². The monoisotopic (exact) mass is 287 g/mol. The molecule has 0 aliphatic heterocycles. The van der Waals surface area contributed by atoms with Gasteiger partial charge in [0.15, 0.2) is 0 Å². The molecule has 100 valence electrons. The topological polar surface area (TPSA) is 90.7 Å². The predicted octanol–water partition coefficient (Wildman–Crippen LogP) is 2.21. The molecule has 0 aliphatic rings. The maximum absolute atomic E-state index is 12.4. The lowest BCUT2D eigenvalue weighted by Crippen LogP contribution is -2.05. The van der Waals surface area contributed by atoms with Crippen molar-refractivity contribution >= 4 is 23.5 Å². The van der Waals surface area contributed by atoms with Crippen LogP contribution in [-0.2, 0) is 6.18 Å². The Balaban J connectivity index is 2.20. The quantitative estimate of drug-likeness (QED) is 0.823. The van der Waals surface area contributed by atoms with Gasteiger partial charge in [0, 0.05) is 12.3 Å². The Morgan fingerprint density at radius 3 is 2.32 bits per heavy atom. The van der Waals surface area contributed by atoms with Crippen LogP contribution in [0.15, 0.2) is 34.4 Å². The predicted molar refractivity (Wildman–Crippen MR) is 64.2 cm³/mol. The molecule has 0 atom stereocenters. The van der Waals surface area contributed by atoms with Gasteiger partial charge < -0.3 is 11.5 Å². The Bertz CT molecular complexity index is 564. The van der Waals surface area contributed by atoms with Crippen LogP contribution >= 0.6 is 11.8 Å². The fourth-order valence-electron chi connectivity index (χ4n) is 1.23. The second-order valence-electron chi connectivity index (χ2n) is 3.47. The van der Waals surface area contributed by atoms with E-state index in [0.29, 0.717) is 10.1 Å². The lowest BCUT2D eigenvalue weighted by molar-refractivity contribution is -0.137. The number of rotatable bonds is 2. The highest BCUT2D eigenvalue weighted by Gasteiger charge is 2.30. The third-order valence-corrected chi connectivity index (χ3v) is 2.88. The maximum Gasteiger partial charge on any atom is 0.417 e. The average molecular weight is 287 g/mol. The van der Waals surface area contributed by atoms with Crippen LogP contribution in [0.2, 0.25) is 0 Å². The number of halogens is 3. The summed E-state index contributed by atoms with van der Waals surface area (Å²) in [6.45, 7) is 0. The summed E-state index contributed by atoms with van der Waals surface area (Å²) in [5.74, 6) is 0.177. The van der Waals surface area contributed by atoms with Crippen molar-refractivity contribution in [3.8, 4) is 0 Å². The fraction of sp³-hybridized carbons (Fsp3) is 0.100. The van der Waals surface area contributed by atoms with E-state index in [1.165, 1.54) is 12.1 Å². The van der Waals surface area contributed by atoms with E-state index in [2.05, 4.69) is 15.0 Å². The van der Waals surface area contributed by atoms with Crippen LogP contribution in [0.4, 0.5) is 24.9 Å². The zero-order valence-corrected chi connectivity index (χ0v) is 10.2. The van der Waals surface area contributed by atoms with Gasteiger partial charge in [-0.05, 0) is 23.9 Å². The van der Waals surface area contributed by atoms with Crippen LogP contribution in [0.1, 0.15) is 5.56 Å². The minimum absolute atomic E-state index is 0.00517. The Labute approximate surface area is 110 Å². The van der Waals surface area contributed by atoms with Gasteiger partial charge in [0.25, 0.3) is 0 Å². The molecule has 5 nitrogen and oxygen atoms in total. The van der Waals surface area contributed by atoms with E-state index in [1.54, 1.807) is 0 Å². The van der Waals surface area contributed by atoms with Crippen molar-refractivity contribution in [1.82, 2.24) is 15.0 Å². The van der Waals surface area contributed by atoms with Crippen LogP contribution < -0.4 is 11.5 Å². The lowest BCUT2D eigenvalue weighted by Gasteiger charge is -2.06. The van der Waals surface area contributed by atoms with Crippen LogP contribution in [-0.4, -0.2) is 15.0 Å². The first-order valence-electron chi connectivity index (χ1n) is 4.96. The summed E-state index contributed by atoms with van der Waals surface area (Å²) in [4.78, 5) is 11.3. The number of nitrogen functional groups attached to an aromatic ring is 2. The second kappa shape index (κ2) is 4.92. The number of aromatic nitrogens is 3. The largest absolute Gasteiger partial charge is 0.417 e. The molecule has 0 saturated carbocycles. The van der Waals surface area contributed by atoms with E-state index in [0.717, 1.165) is 24.0 Å². The molecule has 0 spiro atoms. The zero-order valence-electron chi connectivity index (χ0n) is 9.35. The summed E-state index contributed by atoms with van der Waals surface area (Å²) in [5.41, 5.74) is 10.1. The highest BCUT2D eigenvalue weighted by molar-refractivity contribution is 7.99. The van der Waals surface area contributed by atoms with E-state index in [1.807, 2.05) is 0 Å². The lowest BCUT2D eigenvalue weighted by atomic mass is 10.3. The molecule has 4 N–H and O–H groups in total. The average Bonchev–Trinajstić information content (AvgIpc) is 2.26. The highest BCUT2D eigenvalue weighted by Crippen LogP contribution is 2.31. The van der Waals surface area contributed by atoms with Crippen LogP contribution in [0, 0.1) is 0 Å². The molecule has 0 radical (unpaired) electrons. The molecule has 2 aromatic heterocycles. The molecule has 9 heteroatoms. The fourth-order valence-corrected chi connectivity index (χ4v) is 2.00. The number of alkyl halides is 3. The first-order valence-corrected chi connectivity index (χ1v) is 5.77. The molecule has 0 bridgehead atoms. The smallest absolute Gasteiger partial charge is 0.383 e. The molecular formula is C10H8F3N5S. The summed E-state index contributed by atoms with van der Waals surface area (Å²) in [7, 11) is 0. The molecule has 2 rings (SSSR count). The van der Waals surface area contributed by atoms with Crippen molar-refractivity contribution in [3.05, 3.63) is 30.0 Å². The number of anilines is 2. The van der Waals surface area contributed by atoms with Crippen molar-refractivity contribution in [2.45, 2.75) is 16.2 Å². The minimum Gasteiger partial charge on any atom is -0.383 e. The van der Waals surface area contributed by atoms with Gasteiger partial charge in [0.2, 0.25) is 5.95 Å². The molecule has 0 aliphatic carbocycles. The number of hydrogen-bond acceptors (Lipinski definition) is 6. The number of pyridine rings is 1. The van der Waals surface area contributed by atoms with Crippen LogP contribution in [0.25, 0.3) is 0 Å². The van der Waals surface area contributed by atoms with E-state index in [4.69, 9.17) is 11.5 Å². The van der Waals surface area contributed by atoms with Gasteiger partial charge >= 0.3 is 6.18 Å². The van der Waals surface area contributed by atoms with Gasteiger partial charge in [-0.25, -0.2) is 9.97 Å². The van der Waals surface area contributed by atoms with Gasteiger partial charge in [-0.1, -0.05) is 0 Å². The summed E-state index contributed by atoms with van der Waals surface area (Å²) in [6, 6.07) is 3.66. The van der Waals surface area contributed by atoms with Gasteiger partial charge in [-0.2, -0.15) is 18.2 Å². The molecule has 0 amide bonds. The number of hydrogen-bond donors (Lipinski definition) is 2. The summed E-state index contributed by atoms with van der Waals surface area (Å²) >= 11 is 1.05. The van der Waals surface area contributed by atoms with Crippen LogP contribution in [0.5, 0.6) is 0 Å². The third-order valence-electron chi connectivity index (χ3n) is 2.01. The molecule has 2 aromatic rings. The van der Waals surface area contributed by atoms with Crippen molar-refractivity contribution in [2.75, 3.05) is 11.5 Å². The summed E-state index contributed by atoms with van der Waals surface area (Å²) < 4.78 is 37.1. The van der Waals surface area contributed by atoms with Crippen molar-refractivity contribution in [3.63, 3.8) is 0 Å². The Morgan fingerprint density at radius 2 is 1.79 bits per heavy atom. The first-order chi connectivity index (χ1) is 8.84. The second-order valence-corrected chi connectivity index (χ2v) is 4.51. The summed E-state index contributed by atoms with van der Waals surface area (Å²) in [6.07, 6.45) is -3.64. The van der Waals surface area contributed by atoms with E-state index in [-0.39, 0.29) is 11.8 Å². The summed E-state index contributed by atoms with van der Waals surface area (Å²) in [5, 5.41) is 0.766. The molecule has 0 aromatic carbocycles. The van der Waals surface area contributed by atoms with Crippen molar-refractivity contribution in [2.24, 2.45) is 0 Å². The van der Waals surface area contributed by atoms with E-state index < -0.39 is 11.7 Å². The van der Waals surface area contributed by atoms with Crippen molar-refractivity contribution < 1.29 is 13.2 Å². The van der Waals surface area contributed by atoms with Gasteiger partial charge in [-0.15, -0.1) is 0 Å². The zero-order chi connectivity index (χ0) is 14.0. The van der Waals surface area contributed by atoms with Crippen molar-refractivity contribution in [1.29, 1.82) is 0 Å². The van der Waals surface area contributed by atoms with Gasteiger partial charge in [0.05, 0.1) is 5.56 Å². The molecule has 0 saturated heterocycles. The Hall–Kier alpha value is -2.03. The first kappa shape index (κ1) is 13.4. The van der Waals surface area contributed by atoms with E-state index >= 15 is 0 Å². The SMILES string of the molecule is Nc1cc(Sc2ccc(C(F)(F)F)cn2)nc(N)n1. The molecule has 0 fully saturated rings. The standard InChI is InChI=1S/C10H8F3N5S/c11-10(12,13)5-1-2-7(16-4-5)19-8-3-6(14)17-9(15)18-8/h1-4H,(H4,14,15,17,18). The number of nitrogens with two attached hydrogens (primary N) is 2. The minimum atomic E-state index is -4.40.